The molecule has 166 valence electrons. The van der Waals surface area contributed by atoms with Crippen LogP contribution in [0.5, 0.6) is 0 Å². The third-order valence-electron chi connectivity index (χ3n) is 7.15. The van der Waals surface area contributed by atoms with E-state index in [-0.39, 0.29) is 30.1 Å². The summed E-state index contributed by atoms with van der Waals surface area (Å²) in [6.45, 7) is 3.41. The molecule has 3 heterocycles. The number of hydrogen-bond donors (Lipinski definition) is 1. The Hall–Kier alpha value is -3.05. The average molecular weight is 437 g/mol. The zero-order valence-electron chi connectivity index (χ0n) is 17.9. The highest BCUT2D eigenvalue weighted by Crippen LogP contribution is 2.47. The molecule has 3 atom stereocenters. The van der Waals surface area contributed by atoms with E-state index in [1.54, 1.807) is 12.3 Å². The lowest BCUT2D eigenvalue weighted by Gasteiger charge is -2.42. The second-order valence-electron chi connectivity index (χ2n) is 9.19. The van der Waals surface area contributed by atoms with Crippen LogP contribution < -0.4 is 10.2 Å². The summed E-state index contributed by atoms with van der Waals surface area (Å²) in [4.78, 5) is 21.6. The highest BCUT2D eigenvalue weighted by molar-refractivity contribution is 5.79. The van der Waals surface area contributed by atoms with E-state index in [4.69, 9.17) is 5.26 Å². The maximum atomic E-state index is 14.3. The lowest BCUT2D eigenvalue weighted by atomic mass is 10.0. The smallest absolute Gasteiger partial charge is 0.236 e. The SMILES string of the molecule is C[C@@H]1CC2CN(C(=O)CNC3(c4c(F)cccc4F)CC3)CC1N2c1ccc(C#N)cn1. The van der Waals surface area contributed by atoms with E-state index in [1.807, 2.05) is 11.0 Å². The molecule has 1 amide bonds. The number of pyridine rings is 1. The van der Waals surface area contributed by atoms with E-state index in [1.165, 1.54) is 18.2 Å². The molecule has 1 aromatic heterocycles. The van der Waals surface area contributed by atoms with Crippen molar-refractivity contribution in [2.45, 2.75) is 43.8 Å². The van der Waals surface area contributed by atoms with Gasteiger partial charge in [0.2, 0.25) is 5.91 Å². The Labute approximate surface area is 185 Å². The normalized spacial score (nSPS) is 25.5. The number of benzene rings is 1. The standard InChI is InChI=1S/C24H25F2N5O/c1-15-9-17-13-30(14-20(15)31(17)21-6-5-16(10-27)11-28-21)22(32)12-29-24(7-8-24)23-18(25)3-2-4-19(23)26/h2-6,11,15,17,20,29H,7-9,12-14H2,1H3/t15-,17?,20?/m1/s1. The van der Waals surface area contributed by atoms with Gasteiger partial charge in [-0.2, -0.15) is 5.26 Å². The molecule has 0 radical (unpaired) electrons. The lowest BCUT2D eigenvalue weighted by molar-refractivity contribution is -0.131. The Morgan fingerprint density at radius 3 is 2.59 bits per heavy atom. The third-order valence-corrected chi connectivity index (χ3v) is 7.15. The first-order chi connectivity index (χ1) is 15.4. The molecule has 2 aliphatic heterocycles. The van der Waals surface area contributed by atoms with E-state index >= 15 is 0 Å². The molecule has 1 saturated carbocycles. The van der Waals surface area contributed by atoms with Crippen molar-refractivity contribution < 1.29 is 13.6 Å². The molecule has 32 heavy (non-hydrogen) atoms. The number of likely N-dealkylation sites (tertiary alicyclic amines) is 1. The summed E-state index contributed by atoms with van der Waals surface area (Å²) < 4.78 is 28.5. The summed E-state index contributed by atoms with van der Waals surface area (Å²) in [5, 5.41) is 12.2. The predicted molar refractivity (Wildman–Crippen MR) is 115 cm³/mol. The number of rotatable bonds is 5. The van der Waals surface area contributed by atoms with Gasteiger partial charge >= 0.3 is 0 Å². The number of nitrogens with one attached hydrogen (secondary N) is 1. The van der Waals surface area contributed by atoms with Crippen LogP contribution in [0.1, 0.15) is 37.3 Å². The van der Waals surface area contributed by atoms with Gasteiger partial charge in [0.25, 0.3) is 0 Å². The Kier molecular flexibility index (Phi) is 5.09. The fourth-order valence-electron chi connectivity index (χ4n) is 5.35. The van der Waals surface area contributed by atoms with Gasteiger partial charge in [-0.1, -0.05) is 13.0 Å². The van der Waals surface area contributed by atoms with E-state index in [0.29, 0.717) is 37.4 Å². The highest BCUT2D eigenvalue weighted by atomic mass is 19.1. The highest BCUT2D eigenvalue weighted by Gasteiger charge is 2.49. The maximum absolute atomic E-state index is 14.3. The quantitative estimate of drug-likeness (QED) is 0.779. The second kappa shape index (κ2) is 7.82. The first-order valence-electron chi connectivity index (χ1n) is 11.0. The number of hydrogen-bond acceptors (Lipinski definition) is 5. The van der Waals surface area contributed by atoms with Gasteiger partial charge in [0.05, 0.1) is 18.2 Å². The van der Waals surface area contributed by atoms with Gasteiger partial charge in [0, 0.05) is 36.4 Å². The van der Waals surface area contributed by atoms with Crippen molar-refractivity contribution in [2.24, 2.45) is 5.92 Å². The lowest BCUT2D eigenvalue weighted by Crippen LogP contribution is -2.58. The van der Waals surface area contributed by atoms with Crippen LogP contribution in [-0.2, 0) is 10.3 Å². The van der Waals surface area contributed by atoms with Crippen molar-refractivity contribution in [1.29, 1.82) is 5.26 Å². The molecular formula is C24H25F2N5O. The van der Waals surface area contributed by atoms with Crippen molar-refractivity contribution in [3.8, 4) is 6.07 Å². The van der Waals surface area contributed by atoms with E-state index in [9.17, 15) is 13.6 Å². The van der Waals surface area contributed by atoms with Crippen LogP contribution in [0.25, 0.3) is 0 Å². The Balaban J connectivity index is 1.26. The summed E-state index contributed by atoms with van der Waals surface area (Å²) in [6, 6.07) is 9.91. The van der Waals surface area contributed by atoms with Gasteiger partial charge in [0.1, 0.15) is 23.5 Å². The molecule has 1 aliphatic carbocycles. The molecule has 5 rings (SSSR count). The van der Waals surface area contributed by atoms with Crippen molar-refractivity contribution in [1.82, 2.24) is 15.2 Å². The van der Waals surface area contributed by atoms with Gasteiger partial charge < -0.3 is 9.80 Å². The van der Waals surface area contributed by atoms with Crippen LogP contribution in [0.4, 0.5) is 14.6 Å². The van der Waals surface area contributed by atoms with Crippen molar-refractivity contribution >= 4 is 11.7 Å². The summed E-state index contributed by atoms with van der Waals surface area (Å²) in [6.07, 6.45) is 3.77. The molecule has 6 nitrogen and oxygen atoms in total. The molecule has 3 fully saturated rings. The predicted octanol–water partition coefficient (Wildman–Crippen LogP) is 2.94. The van der Waals surface area contributed by atoms with Gasteiger partial charge in [-0.3, -0.25) is 10.1 Å². The Bertz CT molecular complexity index is 1060. The topological polar surface area (TPSA) is 72.3 Å². The minimum absolute atomic E-state index is 0.0400. The average Bonchev–Trinajstić information content (AvgIpc) is 3.53. The van der Waals surface area contributed by atoms with E-state index in [2.05, 4.69) is 28.2 Å². The number of nitriles is 1. The summed E-state index contributed by atoms with van der Waals surface area (Å²) in [5.74, 6) is 0.0475. The largest absolute Gasteiger partial charge is 0.347 e. The number of fused-ring (bicyclic) bond motifs is 2. The number of anilines is 1. The summed E-state index contributed by atoms with van der Waals surface area (Å²) in [5.41, 5.74) is -0.224. The third kappa shape index (κ3) is 3.51. The van der Waals surface area contributed by atoms with Crippen molar-refractivity contribution in [3.63, 3.8) is 0 Å². The molecule has 8 heteroatoms. The molecule has 2 bridgehead atoms. The first-order valence-corrected chi connectivity index (χ1v) is 11.0. The van der Waals surface area contributed by atoms with E-state index in [0.717, 1.165) is 12.2 Å². The van der Waals surface area contributed by atoms with Gasteiger partial charge in [-0.15, -0.1) is 0 Å². The molecule has 2 aromatic rings. The van der Waals surface area contributed by atoms with E-state index < -0.39 is 17.2 Å². The fourth-order valence-corrected chi connectivity index (χ4v) is 5.35. The molecule has 3 aliphatic rings. The number of carbonyl (C=O) groups excluding carboxylic acids is 1. The van der Waals surface area contributed by atoms with Crippen LogP contribution in [0.3, 0.4) is 0 Å². The Morgan fingerprint density at radius 2 is 2.00 bits per heavy atom. The monoisotopic (exact) mass is 437 g/mol. The zero-order valence-corrected chi connectivity index (χ0v) is 17.9. The summed E-state index contributed by atoms with van der Waals surface area (Å²) >= 11 is 0. The van der Waals surface area contributed by atoms with Crippen molar-refractivity contribution in [3.05, 3.63) is 59.3 Å². The number of amides is 1. The van der Waals surface area contributed by atoms with Gasteiger partial charge in [-0.25, -0.2) is 13.8 Å². The van der Waals surface area contributed by atoms with Crippen LogP contribution >= 0.6 is 0 Å². The number of nitrogens with zero attached hydrogens (tertiary/aromatic N) is 4. The van der Waals surface area contributed by atoms with Gasteiger partial charge in [0.15, 0.2) is 0 Å². The molecule has 1 N–H and O–H groups in total. The van der Waals surface area contributed by atoms with Gasteiger partial charge in [-0.05, 0) is 49.4 Å². The molecule has 0 spiro atoms. The minimum atomic E-state index is -0.786. The zero-order chi connectivity index (χ0) is 22.5. The molecular weight excluding hydrogens is 412 g/mol. The van der Waals surface area contributed by atoms with Crippen LogP contribution in [0, 0.1) is 28.9 Å². The van der Waals surface area contributed by atoms with Crippen LogP contribution in [-0.4, -0.2) is 47.5 Å². The molecule has 2 saturated heterocycles. The second-order valence-corrected chi connectivity index (χ2v) is 9.19. The molecule has 2 unspecified atom stereocenters. The van der Waals surface area contributed by atoms with Crippen molar-refractivity contribution in [2.75, 3.05) is 24.5 Å². The Morgan fingerprint density at radius 1 is 1.25 bits per heavy atom. The minimum Gasteiger partial charge on any atom is -0.347 e. The number of aromatic nitrogens is 1. The number of piperazine rings is 1. The number of halogens is 2. The summed E-state index contributed by atoms with van der Waals surface area (Å²) in [7, 11) is 0. The van der Waals surface area contributed by atoms with Crippen LogP contribution in [0.2, 0.25) is 0 Å². The first kappa shape index (κ1) is 20.8. The molecule has 1 aromatic carbocycles. The van der Waals surface area contributed by atoms with Crippen LogP contribution in [0.15, 0.2) is 36.5 Å². The maximum Gasteiger partial charge on any atom is 0.236 e. The number of carbonyl (C=O) groups is 1. The fraction of sp³-hybridized carbons (Fsp3) is 0.458.